The van der Waals surface area contributed by atoms with Gasteiger partial charge in [0.1, 0.15) is 0 Å². The van der Waals surface area contributed by atoms with Crippen LogP contribution in [0.25, 0.3) is 22.3 Å². The molecule has 35 heavy (non-hydrogen) atoms. The van der Waals surface area contributed by atoms with Crippen molar-refractivity contribution in [3.8, 4) is 22.3 Å². The molecule has 182 valence electrons. The summed E-state index contributed by atoms with van der Waals surface area (Å²) in [5.41, 5.74) is 4.36. The van der Waals surface area contributed by atoms with E-state index in [9.17, 15) is 19.8 Å². The molecule has 0 amide bonds. The second kappa shape index (κ2) is 10.4. The first-order chi connectivity index (χ1) is 17.0. The Balaban J connectivity index is 2.08. The Bertz CT molecular complexity index is 1120. The van der Waals surface area contributed by atoms with Crippen LogP contribution in [0.1, 0.15) is 36.1 Å². The van der Waals surface area contributed by atoms with Gasteiger partial charge in [-0.15, -0.1) is 0 Å². The third kappa shape index (κ3) is 4.24. The smallest absolute Gasteiger partial charge is 0.324 e. The minimum Gasteiger partial charge on any atom is -0.465 e. The minimum atomic E-state index is -1.54. The fraction of sp³-hybridized carbons (Fsp3) is 0.310. The molecule has 3 aromatic rings. The summed E-state index contributed by atoms with van der Waals surface area (Å²) in [7, 11) is 0. The molecule has 0 atom stereocenters. The van der Waals surface area contributed by atoms with Gasteiger partial charge in [-0.25, -0.2) is 0 Å². The molecule has 0 spiro atoms. The van der Waals surface area contributed by atoms with Crippen LogP contribution in [-0.2, 0) is 45.1 Å². The molecule has 0 saturated heterocycles. The molecule has 1 aliphatic rings. The standard InChI is InChI=1S/C29H30O6/c1-3-34-27(32)29(28(33)35-4-2)15-21-22(16-29)26(20-13-9-6-10-14-20)24(18-31)23(17-30)25(21)19-11-7-5-8-12-19/h5-14,30-31H,3-4,15-18H2,1-2H3. The van der Waals surface area contributed by atoms with E-state index in [-0.39, 0.29) is 39.3 Å². The predicted molar refractivity (Wildman–Crippen MR) is 132 cm³/mol. The van der Waals surface area contributed by atoms with Gasteiger partial charge in [-0.05, 0) is 58.4 Å². The van der Waals surface area contributed by atoms with Crippen LogP contribution in [0.15, 0.2) is 60.7 Å². The van der Waals surface area contributed by atoms with Crippen molar-refractivity contribution >= 4 is 11.9 Å². The van der Waals surface area contributed by atoms with Crippen LogP contribution >= 0.6 is 0 Å². The number of rotatable bonds is 8. The number of benzene rings is 3. The molecule has 6 nitrogen and oxygen atoms in total. The van der Waals surface area contributed by atoms with Crippen LogP contribution in [0.3, 0.4) is 0 Å². The van der Waals surface area contributed by atoms with E-state index in [2.05, 4.69) is 0 Å². The monoisotopic (exact) mass is 474 g/mol. The zero-order chi connectivity index (χ0) is 25.0. The maximum atomic E-state index is 13.3. The van der Waals surface area contributed by atoms with E-state index >= 15 is 0 Å². The molecule has 0 radical (unpaired) electrons. The van der Waals surface area contributed by atoms with Gasteiger partial charge in [-0.2, -0.15) is 0 Å². The Morgan fingerprint density at radius 2 is 1.09 bits per heavy atom. The first kappa shape index (κ1) is 24.6. The second-order valence-corrected chi connectivity index (χ2v) is 8.59. The second-order valence-electron chi connectivity index (χ2n) is 8.59. The lowest BCUT2D eigenvalue weighted by molar-refractivity contribution is -0.171. The molecule has 0 unspecified atom stereocenters. The summed E-state index contributed by atoms with van der Waals surface area (Å²) in [4.78, 5) is 26.7. The van der Waals surface area contributed by atoms with E-state index in [1.165, 1.54) is 0 Å². The highest BCUT2D eigenvalue weighted by Gasteiger charge is 2.54. The summed E-state index contributed by atoms with van der Waals surface area (Å²) in [5.74, 6) is -1.24. The highest BCUT2D eigenvalue weighted by atomic mass is 16.6. The Labute approximate surface area is 205 Å². The largest absolute Gasteiger partial charge is 0.465 e. The highest BCUT2D eigenvalue weighted by Crippen LogP contribution is 2.50. The zero-order valence-electron chi connectivity index (χ0n) is 20.0. The summed E-state index contributed by atoms with van der Waals surface area (Å²) in [5, 5.41) is 21.0. The number of hydrogen-bond donors (Lipinski definition) is 2. The third-order valence-corrected chi connectivity index (χ3v) is 6.67. The molecule has 6 heteroatoms. The van der Waals surface area contributed by atoms with Crippen LogP contribution in [-0.4, -0.2) is 35.4 Å². The summed E-state index contributed by atoms with van der Waals surface area (Å²) in [6, 6.07) is 19.1. The van der Waals surface area contributed by atoms with Crippen molar-refractivity contribution in [2.24, 2.45) is 5.41 Å². The van der Waals surface area contributed by atoms with Crippen molar-refractivity contribution in [2.75, 3.05) is 13.2 Å². The quantitative estimate of drug-likeness (QED) is 0.375. The number of ether oxygens (including phenoxy) is 2. The van der Waals surface area contributed by atoms with Crippen molar-refractivity contribution in [1.82, 2.24) is 0 Å². The molecule has 0 aromatic heterocycles. The molecule has 0 heterocycles. The van der Waals surface area contributed by atoms with Gasteiger partial charge in [0.2, 0.25) is 0 Å². The topological polar surface area (TPSA) is 93.1 Å². The fourth-order valence-corrected chi connectivity index (χ4v) is 5.19. The van der Waals surface area contributed by atoms with Crippen LogP contribution in [0.5, 0.6) is 0 Å². The Morgan fingerprint density at radius 1 is 0.714 bits per heavy atom. The average Bonchev–Trinajstić information content (AvgIpc) is 3.30. The molecule has 0 fully saturated rings. The molecule has 3 aromatic carbocycles. The van der Waals surface area contributed by atoms with Gasteiger partial charge in [-0.1, -0.05) is 60.7 Å². The molecule has 0 bridgehead atoms. The molecule has 1 aliphatic carbocycles. The zero-order valence-corrected chi connectivity index (χ0v) is 20.0. The van der Waals surface area contributed by atoms with Crippen LogP contribution in [0.2, 0.25) is 0 Å². The number of carbonyl (C=O) groups is 2. The molecule has 0 aliphatic heterocycles. The Hall–Kier alpha value is -3.48. The van der Waals surface area contributed by atoms with Gasteiger partial charge < -0.3 is 19.7 Å². The van der Waals surface area contributed by atoms with E-state index in [4.69, 9.17) is 9.47 Å². The number of carbonyl (C=O) groups excluding carboxylic acids is 2. The van der Waals surface area contributed by atoms with E-state index in [0.717, 1.165) is 33.4 Å². The maximum absolute atomic E-state index is 13.3. The van der Waals surface area contributed by atoms with E-state index in [0.29, 0.717) is 11.1 Å². The van der Waals surface area contributed by atoms with Gasteiger partial charge in [0.05, 0.1) is 26.4 Å². The highest BCUT2D eigenvalue weighted by molar-refractivity contribution is 6.03. The van der Waals surface area contributed by atoms with Crippen molar-refractivity contribution in [2.45, 2.75) is 39.9 Å². The Morgan fingerprint density at radius 3 is 1.40 bits per heavy atom. The average molecular weight is 475 g/mol. The van der Waals surface area contributed by atoms with E-state index in [1.54, 1.807) is 13.8 Å². The van der Waals surface area contributed by atoms with Crippen molar-refractivity contribution in [3.63, 3.8) is 0 Å². The predicted octanol–water partition coefficient (Wildman–Crippen LogP) is 4.22. The van der Waals surface area contributed by atoms with Crippen LogP contribution < -0.4 is 0 Å². The molecule has 4 rings (SSSR count). The van der Waals surface area contributed by atoms with Crippen molar-refractivity contribution < 1.29 is 29.3 Å². The lowest BCUT2D eigenvalue weighted by atomic mass is 9.82. The number of aliphatic hydroxyl groups is 2. The fourth-order valence-electron chi connectivity index (χ4n) is 5.19. The maximum Gasteiger partial charge on any atom is 0.324 e. The molecule has 0 saturated carbocycles. The van der Waals surface area contributed by atoms with Gasteiger partial charge >= 0.3 is 11.9 Å². The van der Waals surface area contributed by atoms with Gasteiger partial charge in [0, 0.05) is 12.8 Å². The van der Waals surface area contributed by atoms with Gasteiger partial charge in [0.15, 0.2) is 5.41 Å². The number of aliphatic hydroxyl groups excluding tert-OH is 2. The number of fused-ring (bicyclic) bond motifs is 1. The van der Waals surface area contributed by atoms with Gasteiger partial charge in [-0.3, -0.25) is 9.59 Å². The van der Waals surface area contributed by atoms with Crippen molar-refractivity contribution in [1.29, 1.82) is 0 Å². The van der Waals surface area contributed by atoms with Crippen LogP contribution in [0.4, 0.5) is 0 Å². The molecule has 2 N–H and O–H groups in total. The summed E-state index contributed by atoms with van der Waals surface area (Å²) < 4.78 is 10.8. The molecular formula is C29H30O6. The lowest BCUT2D eigenvalue weighted by Crippen LogP contribution is -2.43. The summed E-state index contributed by atoms with van der Waals surface area (Å²) in [6.45, 7) is 3.07. The third-order valence-electron chi connectivity index (χ3n) is 6.67. The Kier molecular flexibility index (Phi) is 7.34. The normalized spacial score (nSPS) is 13.8. The number of hydrogen-bond acceptors (Lipinski definition) is 6. The molecular weight excluding hydrogens is 444 g/mol. The number of esters is 2. The summed E-state index contributed by atoms with van der Waals surface area (Å²) in [6.07, 6.45) is 0.172. The minimum absolute atomic E-state index is 0.0861. The lowest BCUT2D eigenvalue weighted by Gasteiger charge is -2.24. The van der Waals surface area contributed by atoms with Gasteiger partial charge in [0.25, 0.3) is 0 Å². The van der Waals surface area contributed by atoms with E-state index in [1.807, 2.05) is 60.7 Å². The first-order valence-corrected chi connectivity index (χ1v) is 11.9. The van der Waals surface area contributed by atoms with Crippen LogP contribution in [0, 0.1) is 5.41 Å². The SMILES string of the molecule is CCOC(=O)C1(C(=O)OCC)Cc2c(c(-c3ccccc3)c(CO)c(CO)c2-c2ccccc2)C1. The van der Waals surface area contributed by atoms with Crippen molar-refractivity contribution in [3.05, 3.63) is 82.9 Å². The van der Waals surface area contributed by atoms with E-state index < -0.39 is 17.4 Å². The first-order valence-electron chi connectivity index (χ1n) is 11.9. The summed E-state index contributed by atoms with van der Waals surface area (Å²) >= 11 is 0.